The molecule has 1 aromatic heterocycles. The molecule has 1 aliphatic carbocycles. The Morgan fingerprint density at radius 1 is 1.38 bits per heavy atom. The van der Waals surface area contributed by atoms with Crippen molar-refractivity contribution in [2.45, 2.75) is 57.9 Å². The zero-order chi connectivity index (χ0) is 18.6. The van der Waals surface area contributed by atoms with Crippen LogP contribution in [0.15, 0.2) is 18.2 Å². The smallest absolute Gasteiger partial charge is 0.270 e. The van der Waals surface area contributed by atoms with Crippen LogP contribution in [0.3, 0.4) is 0 Å². The van der Waals surface area contributed by atoms with E-state index in [1.54, 1.807) is 25.3 Å². The van der Waals surface area contributed by atoms with Crippen LogP contribution in [0, 0.1) is 5.41 Å². The Kier molecular flexibility index (Phi) is 5.79. The normalized spacial score (nSPS) is 21.2. The molecule has 2 fully saturated rings. The number of nitrogens with one attached hydrogen (secondary N) is 1. The van der Waals surface area contributed by atoms with Crippen LogP contribution in [0.2, 0.25) is 0 Å². The van der Waals surface area contributed by atoms with Crippen molar-refractivity contribution < 1.29 is 14.3 Å². The van der Waals surface area contributed by atoms with Crippen molar-refractivity contribution >= 4 is 11.8 Å². The number of methoxy groups -OCH3 is 1. The van der Waals surface area contributed by atoms with E-state index < -0.39 is 0 Å². The van der Waals surface area contributed by atoms with Gasteiger partial charge < -0.3 is 15.0 Å². The molecule has 0 bridgehead atoms. The van der Waals surface area contributed by atoms with Gasteiger partial charge in [-0.1, -0.05) is 25.8 Å². The molecule has 0 aromatic carbocycles. The number of pyridine rings is 1. The summed E-state index contributed by atoms with van der Waals surface area (Å²) in [5, 5.41) is 3.19. The SMILES string of the molecule is CCCCC(=O)N1CCC(NC(=O)c2cccc(OC)n2)C2(CCC2)C1. The first kappa shape index (κ1) is 18.7. The van der Waals surface area contributed by atoms with E-state index in [4.69, 9.17) is 4.74 Å². The number of carbonyl (C=O) groups excluding carboxylic acids is 2. The maximum absolute atomic E-state index is 12.7. The Labute approximate surface area is 155 Å². The Morgan fingerprint density at radius 2 is 2.19 bits per heavy atom. The molecule has 2 amide bonds. The van der Waals surface area contributed by atoms with Crippen LogP contribution in [0.4, 0.5) is 0 Å². The topological polar surface area (TPSA) is 71.5 Å². The van der Waals surface area contributed by atoms with Crippen molar-refractivity contribution in [1.29, 1.82) is 0 Å². The van der Waals surface area contributed by atoms with Gasteiger partial charge in [0, 0.05) is 37.0 Å². The molecule has 1 N–H and O–H groups in total. The maximum Gasteiger partial charge on any atom is 0.270 e. The van der Waals surface area contributed by atoms with E-state index in [0.29, 0.717) is 18.0 Å². The van der Waals surface area contributed by atoms with E-state index in [1.807, 2.05) is 4.90 Å². The summed E-state index contributed by atoms with van der Waals surface area (Å²) in [5.41, 5.74) is 0.412. The van der Waals surface area contributed by atoms with Crippen LogP contribution in [-0.2, 0) is 4.79 Å². The highest BCUT2D eigenvalue weighted by Gasteiger charge is 2.49. The molecule has 1 saturated heterocycles. The van der Waals surface area contributed by atoms with Crippen molar-refractivity contribution in [1.82, 2.24) is 15.2 Å². The number of aromatic nitrogens is 1. The summed E-state index contributed by atoms with van der Waals surface area (Å²) in [6.07, 6.45) is 6.74. The first-order valence-electron chi connectivity index (χ1n) is 9.67. The molecule has 0 radical (unpaired) electrons. The number of nitrogens with zero attached hydrogens (tertiary/aromatic N) is 2. The summed E-state index contributed by atoms with van der Waals surface area (Å²) in [6.45, 7) is 3.60. The molecule has 1 unspecified atom stereocenters. The van der Waals surface area contributed by atoms with E-state index in [0.717, 1.165) is 45.2 Å². The fourth-order valence-electron chi connectivity index (χ4n) is 4.11. The summed E-state index contributed by atoms with van der Waals surface area (Å²) in [7, 11) is 1.54. The van der Waals surface area contributed by atoms with Gasteiger partial charge in [-0.2, -0.15) is 0 Å². The summed E-state index contributed by atoms with van der Waals surface area (Å²) in [6, 6.07) is 5.31. The Morgan fingerprint density at radius 3 is 2.85 bits per heavy atom. The monoisotopic (exact) mass is 359 g/mol. The number of amides is 2. The van der Waals surface area contributed by atoms with Crippen LogP contribution >= 0.6 is 0 Å². The largest absolute Gasteiger partial charge is 0.481 e. The third-order valence-corrected chi connectivity index (χ3v) is 5.85. The summed E-state index contributed by atoms with van der Waals surface area (Å²) >= 11 is 0. The molecule has 3 rings (SSSR count). The molecule has 142 valence electrons. The van der Waals surface area contributed by atoms with Gasteiger partial charge in [-0.05, 0) is 31.7 Å². The molecule has 6 heteroatoms. The number of hydrogen-bond acceptors (Lipinski definition) is 4. The van der Waals surface area contributed by atoms with Crippen molar-refractivity contribution in [2.75, 3.05) is 20.2 Å². The van der Waals surface area contributed by atoms with E-state index in [2.05, 4.69) is 17.2 Å². The lowest BCUT2D eigenvalue weighted by Crippen LogP contribution is -2.61. The van der Waals surface area contributed by atoms with Gasteiger partial charge in [0.1, 0.15) is 5.69 Å². The van der Waals surface area contributed by atoms with E-state index in [1.165, 1.54) is 6.42 Å². The lowest BCUT2D eigenvalue weighted by atomic mass is 9.61. The summed E-state index contributed by atoms with van der Waals surface area (Å²) < 4.78 is 5.11. The summed E-state index contributed by atoms with van der Waals surface area (Å²) in [5.74, 6) is 0.538. The number of hydrogen-bond donors (Lipinski definition) is 1. The molecule has 1 aromatic rings. The van der Waals surface area contributed by atoms with Crippen molar-refractivity contribution in [2.24, 2.45) is 5.41 Å². The highest BCUT2D eigenvalue weighted by molar-refractivity contribution is 5.92. The number of carbonyl (C=O) groups is 2. The fourth-order valence-corrected chi connectivity index (χ4v) is 4.11. The lowest BCUT2D eigenvalue weighted by molar-refractivity contribution is -0.137. The van der Waals surface area contributed by atoms with Crippen LogP contribution in [0.25, 0.3) is 0 Å². The van der Waals surface area contributed by atoms with Gasteiger partial charge in [-0.25, -0.2) is 4.98 Å². The average Bonchev–Trinajstić information content (AvgIpc) is 2.65. The molecule has 6 nitrogen and oxygen atoms in total. The van der Waals surface area contributed by atoms with E-state index >= 15 is 0 Å². The van der Waals surface area contributed by atoms with Crippen LogP contribution in [-0.4, -0.2) is 47.9 Å². The van der Waals surface area contributed by atoms with Gasteiger partial charge in [-0.3, -0.25) is 9.59 Å². The Balaban J connectivity index is 1.65. The molecule has 2 aliphatic rings. The fraction of sp³-hybridized carbons (Fsp3) is 0.650. The van der Waals surface area contributed by atoms with Gasteiger partial charge in [0.25, 0.3) is 5.91 Å². The first-order chi connectivity index (χ1) is 12.6. The Hall–Kier alpha value is -2.11. The predicted octanol–water partition coefficient (Wildman–Crippen LogP) is 2.78. The third kappa shape index (κ3) is 3.84. The molecule has 1 spiro atoms. The molecular formula is C20H29N3O3. The average molecular weight is 359 g/mol. The highest BCUT2D eigenvalue weighted by atomic mass is 16.5. The molecule has 1 atom stereocenters. The van der Waals surface area contributed by atoms with Gasteiger partial charge in [0.2, 0.25) is 11.8 Å². The zero-order valence-corrected chi connectivity index (χ0v) is 15.8. The van der Waals surface area contributed by atoms with Crippen LogP contribution < -0.4 is 10.1 Å². The molecular weight excluding hydrogens is 330 g/mol. The number of piperidine rings is 1. The standard InChI is InChI=1S/C20H29N3O3/c1-3-4-9-18(24)23-13-10-16(20(14-23)11-6-12-20)22-19(25)15-7-5-8-17(21-15)26-2/h5,7-8,16H,3-4,6,9-14H2,1-2H3,(H,22,25). The second-order valence-electron chi connectivity index (χ2n) is 7.51. The number of ether oxygens (including phenoxy) is 1. The predicted molar refractivity (Wildman–Crippen MR) is 99.0 cm³/mol. The quantitative estimate of drug-likeness (QED) is 0.848. The minimum Gasteiger partial charge on any atom is -0.481 e. The first-order valence-corrected chi connectivity index (χ1v) is 9.67. The molecule has 1 aliphatic heterocycles. The Bertz CT molecular complexity index is 657. The molecule has 1 saturated carbocycles. The van der Waals surface area contributed by atoms with E-state index in [-0.39, 0.29) is 23.3 Å². The van der Waals surface area contributed by atoms with Gasteiger partial charge >= 0.3 is 0 Å². The maximum atomic E-state index is 12.7. The second kappa shape index (κ2) is 8.06. The van der Waals surface area contributed by atoms with Gasteiger partial charge in [0.15, 0.2) is 0 Å². The minimum absolute atomic E-state index is 0.0364. The van der Waals surface area contributed by atoms with Crippen molar-refractivity contribution in [3.8, 4) is 5.88 Å². The second-order valence-corrected chi connectivity index (χ2v) is 7.51. The molecule has 2 heterocycles. The molecule has 26 heavy (non-hydrogen) atoms. The minimum atomic E-state index is -0.161. The van der Waals surface area contributed by atoms with Crippen LogP contribution in [0.1, 0.15) is 62.4 Å². The number of unbranched alkanes of at least 4 members (excludes halogenated alkanes) is 1. The number of rotatable bonds is 6. The third-order valence-electron chi connectivity index (χ3n) is 5.85. The lowest BCUT2D eigenvalue weighted by Gasteiger charge is -2.54. The van der Waals surface area contributed by atoms with Gasteiger partial charge in [0.05, 0.1) is 7.11 Å². The van der Waals surface area contributed by atoms with Crippen molar-refractivity contribution in [3.63, 3.8) is 0 Å². The summed E-state index contributed by atoms with van der Waals surface area (Å²) in [4.78, 5) is 31.3. The van der Waals surface area contributed by atoms with Gasteiger partial charge in [-0.15, -0.1) is 0 Å². The number of likely N-dealkylation sites (tertiary alicyclic amines) is 1. The van der Waals surface area contributed by atoms with E-state index in [9.17, 15) is 9.59 Å². The highest BCUT2D eigenvalue weighted by Crippen LogP contribution is 2.47. The zero-order valence-electron chi connectivity index (χ0n) is 15.8. The van der Waals surface area contributed by atoms with Crippen molar-refractivity contribution in [3.05, 3.63) is 23.9 Å². The van der Waals surface area contributed by atoms with Crippen LogP contribution in [0.5, 0.6) is 5.88 Å².